The molecule has 0 radical (unpaired) electrons. The minimum atomic E-state index is -0.452. The quantitative estimate of drug-likeness (QED) is 0.915. The predicted octanol–water partition coefficient (Wildman–Crippen LogP) is 1.72. The summed E-state index contributed by atoms with van der Waals surface area (Å²) in [6.45, 7) is 1.92. The van der Waals surface area contributed by atoms with Gasteiger partial charge >= 0.3 is 0 Å². The summed E-state index contributed by atoms with van der Waals surface area (Å²) in [5.74, 6) is -0.688. The SMILES string of the molecule is C[C@H](CNC(=O)c1ccn(C)c(=O)c1)Oc1ccccc1F. The lowest BCUT2D eigenvalue weighted by Gasteiger charge is -2.16. The monoisotopic (exact) mass is 304 g/mol. The van der Waals surface area contributed by atoms with Gasteiger partial charge in [-0.25, -0.2) is 4.39 Å². The number of para-hydroxylation sites is 1. The van der Waals surface area contributed by atoms with Crippen molar-refractivity contribution in [3.8, 4) is 5.75 Å². The van der Waals surface area contributed by atoms with Gasteiger partial charge in [0.1, 0.15) is 6.10 Å². The van der Waals surface area contributed by atoms with Gasteiger partial charge in [0, 0.05) is 24.9 Å². The maximum Gasteiger partial charge on any atom is 0.251 e. The molecule has 0 fully saturated rings. The van der Waals surface area contributed by atoms with Crippen LogP contribution in [0.1, 0.15) is 17.3 Å². The van der Waals surface area contributed by atoms with Crippen molar-refractivity contribution in [1.29, 1.82) is 0 Å². The van der Waals surface area contributed by atoms with Crippen molar-refractivity contribution in [3.05, 3.63) is 64.3 Å². The largest absolute Gasteiger partial charge is 0.486 e. The van der Waals surface area contributed by atoms with E-state index in [1.807, 2.05) is 0 Å². The molecule has 0 aliphatic rings. The molecule has 2 aromatic rings. The maximum atomic E-state index is 13.4. The second-order valence-corrected chi connectivity index (χ2v) is 4.93. The van der Waals surface area contributed by atoms with Gasteiger partial charge in [0.2, 0.25) is 0 Å². The standard InChI is InChI=1S/C16H17FN2O3/c1-11(22-14-6-4-3-5-13(14)17)10-18-16(21)12-7-8-19(2)15(20)9-12/h3-9,11H,10H2,1-2H3,(H,18,21)/t11-/m1/s1. The molecule has 22 heavy (non-hydrogen) atoms. The minimum Gasteiger partial charge on any atom is -0.486 e. The number of benzene rings is 1. The van der Waals surface area contributed by atoms with Crippen LogP contribution in [-0.4, -0.2) is 23.1 Å². The molecule has 1 aromatic carbocycles. The molecule has 0 saturated heterocycles. The molecule has 1 heterocycles. The Balaban J connectivity index is 1.92. The van der Waals surface area contributed by atoms with E-state index in [9.17, 15) is 14.0 Å². The Morgan fingerprint density at radius 2 is 2.09 bits per heavy atom. The Labute approximate surface area is 127 Å². The highest BCUT2D eigenvalue weighted by molar-refractivity contribution is 5.93. The third-order valence-corrected chi connectivity index (χ3v) is 3.08. The average Bonchev–Trinajstić information content (AvgIpc) is 2.50. The van der Waals surface area contributed by atoms with Crippen molar-refractivity contribution < 1.29 is 13.9 Å². The first-order chi connectivity index (χ1) is 10.5. The summed E-state index contributed by atoms with van der Waals surface area (Å²) >= 11 is 0. The smallest absolute Gasteiger partial charge is 0.251 e. The highest BCUT2D eigenvalue weighted by atomic mass is 19.1. The Hall–Kier alpha value is -2.63. The molecule has 5 nitrogen and oxygen atoms in total. The van der Waals surface area contributed by atoms with Crippen LogP contribution in [0.4, 0.5) is 4.39 Å². The third-order valence-electron chi connectivity index (χ3n) is 3.08. The molecule has 2 rings (SSSR count). The summed E-state index contributed by atoms with van der Waals surface area (Å²) < 4.78 is 20.2. The molecule has 1 atom stereocenters. The third kappa shape index (κ3) is 3.94. The fourth-order valence-corrected chi connectivity index (χ4v) is 1.83. The summed E-state index contributed by atoms with van der Waals surface area (Å²) in [5.41, 5.74) is 0.0181. The molecule has 1 aromatic heterocycles. The second-order valence-electron chi connectivity index (χ2n) is 4.93. The maximum absolute atomic E-state index is 13.4. The summed E-state index contributed by atoms with van der Waals surface area (Å²) in [5, 5.41) is 2.65. The van der Waals surface area contributed by atoms with Crippen LogP contribution < -0.4 is 15.6 Å². The molecule has 116 valence electrons. The first-order valence-corrected chi connectivity index (χ1v) is 6.83. The first-order valence-electron chi connectivity index (χ1n) is 6.83. The molecule has 0 unspecified atom stereocenters. The van der Waals surface area contributed by atoms with E-state index in [1.54, 1.807) is 32.2 Å². The molecule has 1 N–H and O–H groups in total. The topological polar surface area (TPSA) is 60.3 Å². The zero-order valence-corrected chi connectivity index (χ0v) is 12.4. The number of nitrogens with zero attached hydrogens (tertiary/aromatic N) is 1. The zero-order chi connectivity index (χ0) is 16.1. The Bertz CT molecular complexity index is 727. The lowest BCUT2D eigenvalue weighted by atomic mass is 10.2. The summed E-state index contributed by atoms with van der Waals surface area (Å²) in [6.07, 6.45) is 1.11. The van der Waals surface area contributed by atoms with Crippen LogP contribution in [0.5, 0.6) is 5.75 Å². The Morgan fingerprint density at radius 1 is 1.36 bits per heavy atom. The summed E-state index contributed by atoms with van der Waals surface area (Å²) in [6, 6.07) is 8.89. The lowest BCUT2D eigenvalue weighted by Crippen LogP contribution is -2.34. The molecule has 0 saturated carbocycles. The zero-order valence-electron chi connectivity index (χ0n) is 12.4. The van der Waals surface area contributed by atoms with Crippen molar-refractivity contribution in [2.75, 3.05) is 6.54 Å². The number of aromatic nitrogens is 1. The normalized spacial score (nSPS) is 11.8. The molecular formula is C16H17FN2O3. The molecule has 6 heteroatoms. The number of nitrogens with one attached hydrogen (secondary N) is 1. The number of rotatable bonds is 5. The average molecular weight is 304 g/mol. The van der Waals surface area contributed by atoms with Gasteiger partial charge < -0.3 is 14.6 Å². The van der Waals surface area contributed by atoms with Crippen molar-refractivity contribution in [2.45, 2.75) is 13.0 Å². The minimum absolute atomic E-state index is 0.137. The fraction of sp³-hybridized carbons (Fsp3) is 0.250. The predicted molar refractivity (Wildman–Crippen MR) is 80.5 cm³/mol. The van der Waals surface area contributed by atoms with Crippen LogP contribution in [0.25, 0.3) is 0 Å². The molecule has 0 aliphatic heterocycles. The van der Waals surface area contributed by atoms with E-state index in [0.717, 1.165) is 0 Å². The van der Waals surface area contributed by atoms with Gasteiger partial charge in [0.15, 0.2) is 11.6 Å². The van der Waals surface area contributed by atoms with E-state index >= 15 is 0 Å². The van der Waals surface area contributed by atoms with E-state index in [0.29, 0.717) is 0 Å². The van der Waals surface area contributed by atoms with Crippen LogP contribution in [-0.2, 0) is 7.05 Å². The van der Waals surface area contributed by atoms with Gasteiger partial charge in [-0.1, -0.05) is 12.1 Å². The number of amides is 1. The van der Waals surface area contributed by atoms with Gasteiger partial charge in [-0.15, -0.1) is 0 Å². The Kier molecular flexibility index (Phi) is 4.93. The number of carbonyl (C=O) groups is 1. The van der Waals surface area contributed by atoms with Gasteiger partial charge in [-0.05, 0) is 25.1 Å². The molecule has 0 aliphatic carbocycles. The van der Waals surface area contributed by atoms with Crippen LogP contribution in [0.2, 0.25) is 0 Å². The van der Waals surface area contributed by atoms with Crippen molar-refractivity contribution >= 4 is 5.91 Å². The van der Waals surface area contributed by atoms with Crippen LogP contribution in [0.15, 0.2) is 47.4 Å². The van der Waals surface area contributed by atoms with Crippen molar-refractivity contribution in [1.82, 2.24) is 9.88 Å². The van der Waals surface area contributed by atoms with Crippen molar-refractivity contribution in [3.63, 3.8) is 0 Å². The number of pyridine rings is 1. The van der Waals surface area contributed by atoms with Crippen molar-refractivity contribution in [2.24, 2.45) is 7.05 Å². The van der Waals surface area contributed by atoms with E-state index in [1.165, 1.54) is 29.0 Å². The highest BCUT2D eigenvalue weighted by Crippen LogP contribution is 2.16. The molecule has 0 spiro atoms. The van der Waals surface area contributed by atoms with E-state index in [4.69, 9.17) is 4.74 Å². The van der Waals surface area contributed by atoms with E-state index in [2.05, 4.69) is 5.32 Å². The number of aryl methyl sites for hydroxylation is 1. The van der Waals surface area contributed by atoms with E-state index < -0.39 is 11.9 Å². The highest BCUT2D eigenvalue weighted by Gasteiger charge is 2.11. The molecule has 1 amide bonds. The van der Waals surface area contributed by atoms with Gasteiger partial charge in [-0.3, -0.25) is 9.59 Å². The molecule has 0 bridgehead atoms. The number of carbonyl (C=O) groups excluding carboxylic acids is 1. The fourth-order valence-electron chi connectivity index (χ4n) is 1.83. The summed E-state index contributed by atoms with van der Waals surface area (Å²) in [4.78, 5) is 23.4. The van der Waals surface area contributed by atoms with Crippen LogP contribution in [0, 0.1) is 5.82 Å². The second kappa shape index (κ2) is 6.89. The van der Waals surface area contributed by atoms with Gasteiger partial charge in [-0.2, -0.15) is 0 Å². The molecular weight excluding hydrogens is 287 g/mol. The van der Waals surface area contributed by atoms with E-state index in [-0.39, 0.29) is 29.3 Å². The van der Waals surface area contributed by atoms with Gasteiger partial charge in [0.25, 0.3) is 11.5 Å². The lowest BCUT2D eigenvalue weighted by molar-refractivity contribution is 0.0931. The summed E-state index contributed by atoms with van der Waals surface area (Å²) in [7, 11) is 1.61. The first kappa shape index (κ1) is 15.8. The Morgan fingerprint density at radius 3 is 2.77 bits per heavy atom. The number of ether oxygens (including phenoxy) is 1. The van der Waals surface area contributed by atoms with Gasteiger partial charge in [0.05, 0.1) is 6.54 Å². The van der Waals surface area contributed by atoms with Crippen LogP contribution in [0.3, 0.4) is 0 Å². The number of hydrogen-bond acceptors (Lipinski definition) is 3. The number of halogens is 1. The number of hydrogen-bond donors (Lipinski definition) is 1. The van der Waals surface area contributed by atoms with Crippen LogP contribution >= 0.6 is 0 Å².